The Morgan fingerprint density at radius 1 is 1.33 bits per heavy atom. The number of halogens is 3. The summed E-state index contributed by atoms with van der Waals surface area (Å²) in [5.41, 5.74) is 0.940. The summed E-state index contributed by atoms with van der Waals surface area (Å²) >= 11 is 0. The quantitative estimate of drug-likeness (QED) is 0.785. The highest BCUT2D eigenvalue weighted by molar-refractivity contribution is 5.02. The molecule has 0 aliphatic carbocycles. The molecule has 1 N–H and O–H groups in total. The molecular formula is C13H23F3N2. The maximum Gasteiger partial charge on any atom is 0.393 e. The third-order valence-electron chi connectivity index (χ3n) is 3.05. The topological polar surface area (TPSA) is 15.3 Å². The predicted molar refractivity (Wildman–Crippen MR) is 67.5 cm³/mol. The second kappa shape index (κ2) is 5.61. The lowest BCUT2D eigenvalue weighted by Gasteiger charge is -2.23. The SMILES string of the molecule is C=C(CNC(C)(C)C)CN1CCC(C(F)(F)F)C1. The Kier molecular flexibility index (Phi) is 4.84. The van der Waals surface area contributed by atoms with Crippen molar-refractivity contribution in [1.29, 1.82) is 0 Å². The Hall–Kier alpha value is -0.550. The largest absolute Gasteiger partial charge is 0.393 e. The zero-order chi connectivity index (χ0) is 14.0. The lowest BCUT2D eigenvalue weighted by Crippen LogP contribution is -2.38. The summed E-state index contributed by atoms with van der Waals surface area (Å²) < 4.78 is 37.5. The standard InChI is InChI=1S/C13H23F3N2/c1-10(7-17-12(2,3)4)8-18-6-5-11(9-18)13(14,15)16/h11,17H,1,5-9H2,2-4H3. The van der Waals surface area contributed by atoms with E-state index in [0.717, 1.165) is 5.57 Å². The number of likely N-dealkylation sites (tertiary alicyclic amines) is 1. The summed E-state index contributed by atoms with van der Waals surface area (Å²) in [6.07, 6.45) is -3.84. The van der Waals surface area contributed by atoms with Crippen LogP contribution in [-0.2, 0) is 0 Å². The third-order valence-corrected chi connectivity index (χ3v) is 3.05. The average molecular weight is 264 g/mol. The lowest BCUT2D eigenvalue weighted by atomic mass is 10.1. The van der Waals surface area contributed by atoms with Gasteiger partial charge in [-0.25, -0.2) is 0 Å². The van der Waals surface area contributed by atoms with Crippen LogP contribution in [0.5, 0.6) is 0 Å². The van der Waals surface area contributed by atoms with E-state index in [1.54, 1.807) is 0 Å². The molecule has 1 heterocycles. The molecular weight excluding hydrogens is 241 g/mol. The highest BCUT2D eigenvalue weighted by atomic mass is 19.4. The fourth-order valence-corrected chi connectivity index (χ4v) is 2.01. The minimum Gasteiger partial charge on any atom is -0.308 e. The molecule has 5 heteroatoms. The van der Waals surface area contributed by atoms with Gasteiger partial charge in [-0.05, 0) is 39.3 Å². The molecule has 0 bridgehead atoms. The van der Waals surface area contributed by atoms with Crippen LogP contribution in [0.4, 0.5) is 13.2 Å². The highest BCUT2D eigenvalue weighted by Crippen LogP contribution is 2.33. The van der Waals surface area contributed by atoms with Crippen LogP contribution in [0.1, 0.15) is 27.2 Å². The molecule has 1 fully saturated rings. The molecule has 1 unspecified atom stereocenters. The van der Waals surface area contributed by atoms with E-state index < -0.39 is 12.1 Å². The molecule has 1 saturated heterocycles. The van der Waals surface area contributed by atoms with Gasteiger partial charge in [0.1, 0.15) is 0 Å². The van der Waals surface area contributed by atoms with Crippen molar-refractivity contribution < 1.29 is 13.2 Å². The first-order chi connectivity index (χ1) is 8.08. The van der Waals surface area contributed by atoms with Crippen LogP contribution in [0.25, 0.3) is 0 Å². The van der Waals surface area contributed by atoms with Gasteiger partial charge in [0, 0.05) is 25.2 Å². The van der Waals surface area contributed by atoms with Crippen molar-refractivity contribution in [1.82, 2.24) is 10.2 Å². The number of nitrogens with one attached hydrogen (secondary N) is 1. The average Bonchev–Trinajstić information content (AvgIpc) is 2.61. The van der Waals surface area contributed by atoms with Gasteiger partial charge < -0.3 is 5.32 Å². The van der Waals surface area contributed by atoms with Crippen molar-refractivity contribution in [3.8, 4) is 0 Å². The van der Waals surface area contributed by atoms with Crippen molar-refractivity contribution in [3.05, 3.63) is 12.2 Å². The van der Waals surface area contributed by atoms with E-state index in [1.165, 1.54) is 0 Å². The Balaban J connectivity index is 2.31. The molecule has 0 aromatic heterocycles. The maximum absolute atomic E-state index is 12.5. The molecule has 18 heavy (non-hydrogen) atoms. The molecule has 0 radical (unpaired) electrons. The van der Waals surface area contributed by atoms with Crippen molar-refractivity contribution in [2.45, 2.75) is 38.9 Å². The van der Waals surface area contributed by atoms with Crippen LogP contribution < -0.4 is 5.32 Å². The fourth-order valence-electron chi connectivity index (χ4n) is 2.01. The predicted octanol–water partition coefficient (Wildman–Crippen LogP) is 2.81. The fraction of sp³-hybridized carbons (Fsp3) is 0.846. The molecule has 0 aromatic carbocycles. The lowest BCUT2D eigenvalue weighted by molar-refractivity contribution is -0.170. The molecule has 2 nitrogen and oxygen atoms in total. The Labute approximate surface area is 107 Å². The summed E-state index contributed by atoms with van der Waals surface area (Å²) in [6.45, 7) is 11.9. The van der Waals surface area contributed by atoms with Crippen LogP contribution in [0.2, 0.25) is 0 Å². The van der Waals surface area contributed by atoms with Gasteiger partial charge >= 0.3 is 6.18 Å². The van der Waals surface area contributed by atoms with Gasteiger partial charge in [-0.3, -0.25) is 4.90 Å². The zero-order valence-corrected chi connectivity index (χ0v) is 11.4. The van der Waals surface area contributed by atoms with Crippen molar-refractivity contribution in [2.75, 3.05) is 26.2 Å². The van der Waals surface area contributed by atoms with Crippen LogP contribution >= 0.6 is 0 Å². The van der Waals surface area contributed by atoms with Crippen molar-refractivity contribution in [2.24, 2.45) is 5.92 Å². The second-order valence-corrected chi connectivity index (χ2v) is 6.12. The molecule has 1 aliphatic heterocycles. The van der Waals surface area contributed by atoms with Crippen LogP contribution in [-0.4, -0.2) is 42.8 Å². The van der Waals surface area contributed by atoms with Crippen molar-refractivity contribution >= 4 is 0 Å². The Morgan fingerprint density at radius 3 is 2.39 bits per heavy atom. The van der Waals surface area contributed by atoms with Crippen LogP contribution in [0.3, 0.4) is 0 Å². The minimum absolute atomic E-state index is 0.00243. The van der Waals surface area contributed by atoms with Gasteiger partial charge in [-0.2, -0.15) is 13.2 Å². The van der Waals surface area contributed by atoms with Gasteiger partial charge in [0.2, 0.25) is 0 Å². The monoisotopic (exact) mass is 264 g/mol. The van der Waals surface area contributed by atoms with Gasteiger partial charge in [0.25, 0.3) is 0 Å². The summed E-state index contributed by atoms with van der Waals surface area (Å²) in [7, 11) is 0. The summed E-state index contributed by atoms with van der Waals surface area (Å²) in [5.74, 6) is -1.17. The first-order valence-electron chi connectivity index (χ1n) is 6.29. The van der Waals surface area contributed by atoms with Gasteiger partial charge in [0.15, 0.2) is 0 Å². The maximum atomic E-state index is 12.5. The summed E-state index contributed by atoms with van der Waals surface area (Å²) in [6, 6.07) is 0. The van der Waals surface area contributed by atoms with E-state index in [4.69, 9.17) is 0 Å². The molecule has 106 valence electrons. The number of hydrogen-bond donors (Lipinski definition) is 1. The number of nitrogens with zero attached hydrogens (tertiary/aromatic N) is 1. The number of rotatable bonds is 4. The molecule has 0 amide bonds. The Morgan fingerprint density at radius 2 is 1.94 bits per heavy atom. The first-order valence-corrected chi connectivity index (χ1v) is 6.29. The molecule has 1 rings (SSSR count). The van der Waals surface area contributed by atoms with Gasteiger partial charge in [0.05, 0.1) is 5.92 Å². The number of hydrogen-bond acceptors (Lipinski definition) is 2. The summed E-state index contributed by atoms with van der Waals surface area (Å²) in [4.78, 5) is 1.84. The summed E-state index contributed by atoms with van der Waals surface area (Å²) in [5, 5.41) is 3.29. The van der Waals surface area contributed by atoms with Gasteiger partial charge in [-0.15, -0.1) is 0 Å². The van der Waals surface area contributed by atoms with E-state index in [2.05, 4.69) is 32.7 Å². The molecule has 1 atom stereocenters. The number of alkyl halides is 3. The van der Waals surface area contributed by atoms with Gasteiger partial charge in [-0.1, -0.05) is 6.58 Å². The minimum atomic E-state index is -4.06. The second-order valence-electron chi connectivity index (χ2n) is 6.12. The smallest absolute Gasteiger partial charge is 0.308 e. The molecule has 0 saturated carbocycles. The van der Waals surface area contributed by atoms with E-state index in [-0.39, 0.29) is 18.5 Å². The molecule has 1 aliphatic rings. The van der Waals surface area contributed by atoms with E-state index in [9.17, 15) is 13.2 Å². The van der Waals surface area contributed by atoms with E-state index in [1.807, 2.05) is 4.90 Å². The third kappa shape index (κ3) is 5.40. The Bertz CT molecular complexity index is 292. The molecule has 0 spiro atoms. The van der Waals surface area contributed by atoms with E-state index in [0.29, 0.717) is 19.6 Å². The van der Waals surface area contributed by atoms with Crippen LogP contribution in [0, 0.1) is 5.92 Å². The normalized spacial score (nSPS) is 22.4. The molecule has 0 aromatic rings. The zero-order valence-electron chi connectivity index (χ0n) is 11.4. The first kappa shape index (κ1) is 15.5. The highest BCUT2D eigenvalue weighted by Gasteiger charge is 2.43. The van der Waals surface area contributed by atoms with E-state index >= 15 is 0 Å². The van der Waals surface area contributed by atoms with Crippen LogP contribution in [0.15, 0.2) is 12.2 Å². The van der Waals surface area contributed by atoms with Crippen molar-refractivity contribution in [3.63, 3.8) is 0 Å².